The molecule has 1 N–H and O–H groups in total. The summed E-state index contributed by atoms with van der Waals surface area (Å²) in [6, 6.07) is 10.7. The molecular formula is C15H23NO. The zero-order valence-electron chi connectivity index (χ0n) is 10.7. The SMILES string of the molecule is C[C@H](NCCOc1ccccc1)C1CCCC1. The van der Waals surface area contributed by atoms with E-state index < -0.39 is 0 Å². The number of rotatable bonds is 6. The van der Waals surface area contributed by atoms with Crippen LogP contribution >= 0.6 is 0 Å². The smallest absolute Gasteiger partial charge is 0.119 e. The standard InChI is InChI=1S/C15H23NO/c1-13(14-7-5-6-8-14)16-11-12-17-15-9-3-2-4-10-15/h2-4,9-10,13-14,16H,5-8,11-12H2,1H3/t13-/m0/s1. The fourth-order valence-electron chi connectivity index (χ4n) is 2.60. The molecule has 0 saturated heterocycles. The zero-order valence-corrected chi connectivity index (χ0v) is 10.7. The van der Waals surface area contributed by atoms with Crippen LogP contribution in [0.3, 0.4) is 0 Å². The Morgan fingerprint density at radius 2 is 1.94 bits per heavy atom. The summed E-state index contributed by atoms with van der Waals surface area (Å²) >= 11 is 0. The highest BCUT2D eigenvalue weighted by Crippen LogP contribution is 2.27. The van der Waals surface area contributed by atoms with E-state index in [2.05, 4.69) is 12.2 Å². The van der Waals surface area contributed by atoms with Crippen LogP contribution in [0.5, 0.6) is 5.75 Å². The Morgan fingerprint density at radius 1 is 1.24 bits per heavy atom. The third-order valence-corrected chi connectivity index (χ3v) is 3.69. The van der Waals surface area contributed by atoms with Crippen molar-refractivity contribution in [2.24, 2.45) is 5.92 Å². The molecule has 0 bridgehead atoms. The van der Waals surface area contributed by atoms with Crippen LogP contribution in [0.25, 0.3) is 0 Å². The van der Waals surface area contributed by atoms with Gasteiger partial charge in [-0.25, -0.2) is 0 Å². The van der Waals surface area contributed by atoms with Gasteiger partial charge < -0.3 is 10.1 Å². The van der Waals surface area contributed by atoms with E-state index in [4.69, 9.17) is 4.74 Å². The van der Waals surface area contributed by atoms with Crippen molar-refractivity contribution >= 4 is 0 Å². The first kappa shape index (κ1) is 12.4. The van der Waals surface area contributed by atoms with Gasteiger partial charge in [0.15, 0.2) is 0 Å². The van der Waals surface area contributed by atoms with Crippen molar-refractivity contribution < 1.29 is 4.74 Å². The molecule has 1 atom stereocenters. The molecule has 1 aliphatic rings. The van der Waals surface area contributed by atoms with E-state index in [0.29, 0.717) is 6.04 Å². The molecule has 0 amide bonds. The van der Waals surface area contributed by atoms with Gasteiger partial charge in [0, 0.05) is 12.6 Å². The minimum Gasteiger partial charge on any atom is -0.492 e. The second-order valence-corrected chi connectivity index (χ2v) is 4.95. The van der Waals surface area contributed by atoms with Crippen molar-refractivity contribution in [3.8, 4) is 5.75 Å². The molecule has 17 heavy (non-hydrogen) atoms. The van der Waals surface area contributed by atoms with Gasteiger partial charge >= 0.3 is 0 Å². The molecule has 0 spiro atoms. The van der Waals surface area contributed by atoms with E-state index in [1.54, 1.807) is 0 Å². The van der Waals surface area contributed by atoms with E-state index in [1.807, 2.05) is 30.3 Å². The highest BCUT2D eigenvalue weighted by atomic mass is 16.5. The lowest BCUT2D eigenvalue weighted by molar-refractivity contribution is 0.290. The minimum absolute atomic E-state index is 0.636. The summed E-state index contributed by atoms with van der Waals surface area (Å²) in [6.45, 7) is 3.99. The molecule has 1 saturated carbocycles. The highest BCUT2D eigenvalue weighted by Gasteiger charge is 2.20. The van der Waals surface area contributed by atoms with Gasteiger partial charge in [-0.05, 0) is 37.8 Å². The summed E-state index contributed by atoms with van der Waals surface area (Å²) in [5.41, 5.74) is 0. The Hall–Kier alpha value is -1.02. The molecule has 0 aliphatic heterocycles. The average Bonchev–Trinajstić information content (AvgIpc) is 2.89. The van der Waals surface area contributed by atoms with Gasteiger partial charge in [-0.2, -0.15) is 0 Å². The van der Waals surface area contributed by atoms with Crippen molar-refractivity contribution in [1.82, 2.24) is 5.32 Å². The Bertz CT molecular complexity index is 306. The van der Waals surface area contributed by atoms with Crippen LogP contribution in [0.2, 0.25) is 0 Å². The van der Waals surface area contributed by atoms with Crippen molar-refractivity contribution in [3.05, 3.63) is 30.3 Å². The van der Waals surface area contributed by atoms with Crippen LogP contribution < -0.4 is 10.1 Å². The summed E-state index contributed by atoms with van der Waals surface area (Å²) in [6.07, 6.45) is 5.62. The lowest BCUT2D eigenvalue weighted by Gasteiger charge is -2.20. The topological polar surface area (TPSA) is 21.3 Å². The quantitative estimate of drug-likeness (QED) is 0.762. The molecule has 0 heterocycles. The number of hydrogen-bond acceptors (Lipinski definition) is 2. The highest BCUT2D eigenvalue weighted by molar-refractivity contribution is 5.20. The molecule has 2 nitrogen and oxygen atoms in total. The van der Waals surface area contributed by atoms with Crippen LogP contribution in [-0.4, -0.2) is 19.2 Å². The molecule has 1 aliphatic carbocycles. The molecule has 1 aromatic carbocycles. The molecule has 2 rings (SSSR count). The first-order chi connectivity index (χ1) is 8.36. The minimum atomic E-state index is 0.636. The Labute approximate surface area is 104 Å². The van der Waals surface area contributed by atoms with E-state index in [9.17, 15) is 0 Å². The van der Waals surface area contributed by atoms with Crippen molar-refractivity contribution in [2.75, 3.05) is 13.2 Å². The lowest BCUT2D eigenvalue weighted by atomic mass is 10.00. The van der Waals surface area contributed by atoms with Gasteiger partial charge in [-0.15, -0.1) is 0 Å². The molecule has 94 valence electrons. The second kappa shape index (κ2) is 6.65. The summed E-state index contributed by atoms with van der Waals surface area (Å²) < 4.78 is 5.66. The number of benzene rings is 1. The zero-order chi connectivity index (χ0) is 11.9. The maximum Gasteiger partial charge on any atom is 0.119 e. The van der Waals surface area contributed by atoms with Crippen LogP contribution in [0.1, 0.15) is 32.6 Å². The summed E-state index contributed by atoms with van der Waals surface area (Å²) in [7, 11) is 0. The number of hydrogen-bond donors (Lipinski definition) is 1. The average molecular weight is 233 g/mol. The predicted molar refractivity (Wildman–Crippen MR) is 71.4 cm³/mol. The van der Waals surface area contributed by atoms with E-state index in [-0.39, 0.29) is 0 Å². The monoisotopic (exact) mass is 233 g/mol. The van der Waals surface area contributed by atoms with Gasteiger partial charge in [0.1, 0.15) is 12.4 Å². The van der Waals surface area contributed by atoms with Crippen molar-refractivity contribution in [3.63, 3.8) is 0 Å². The van der Waals surface area contributed by atoms with E-state index >= 15 is 0 Å². The van der Waals surface area contributed by atoms with Crippen LogP contribution in [-0.2, 0) is 0 Å². The first-order valence-corrected chi connectivity index (χ1v) is 6.77. The number of para-hydroxylation sites is 1. The van der Waals surface area contributed by atoms with Gasteiger partial charge in [-0.1, -0.05) is 31.0 Å². The maximum absolute atomic E-state index is 5.66. The van der Waals surface area contributed by atoms with Gasteiger partial charge in [0.25, 0.3) is 0 Å². The van der Waals surface area contributed by atoms with E-state index in [1.165, 1.54) is 25.7 Å². The molecule has 1 aromatic rings. The first-order valence-electron chi connectivity index (χ1n) is 6.77. The fourth-order valence-corrected chi connectivity index (χ4v) is 2.60. The normalized spacial score (nSPS) is 18.2. The number of ether oxygens (including phenoxy) is 1. The van der Waals surface area contributed by atoms with Crippen LogP contribution in [0.4, 0.5) is 0 Å². The predicted octanol–water partition coefficient (Wildman–Crippen LogP) is 3.23. The van der Waals surface area contributed by atoms with Gasteiger partial charge in [0.2, 0.25) is 0 Å². The summed E-state index contributed by atoms with van der Waals surface area (Å²) in [5, 5.41) is 3.57. The lowest BCUT2D eigenvalue weighted by Crippen LogP contribution is -2.35. The maximum atomic E-state index is 5.66. The van der Waals surface area contributed by atoms with Crippen LogP contribution in [0, 0.1) is 5.92 Å². The Morgan fingerprint density at radius 3 is 2.65 bits per heavy atom. The van der Waals surface area contributed by atoms with Crippen LogP contribution in [0.15, 0.2) is 30.3 Å². The van der Waals surface area contributed by atoms with Crippen molar-refractivity contribution in [2.45, 2.75) is 38.6 Å². The fraction of sp³-hybridized carbons (Fsp3) is 0.600. The number of nitrogens with one attached hydrogen (secondary N) is 1. The molecule has 0 unspecified atom stereocenters. The second-order valence-electron chi connectivity index (χ2n) is 4.95. The molecule has 2 heteroatoms. The third-order valence-electron chi connectivity index (χ3n) is 3.69. The molecule has 0 aromatic heterocycles. The molecule has 0 radical (unpaired) electrons. The summed E-state index contributed by atoms with van der Waals surface area (Å²) in [4.78, 5) is 0. The van der Waals surface area contributed by atoms with Crippen molar-refractivity contribution in [1.29, 1.82) is 0 Å². The molecule has 1 fully saturated rings. The van der Waals surface area contributed by atoms with E-state index in [0.717, 1.165) is 24.8 Å². The molecular weight excluding hydrogens is 210 g/mol. The summed E-state index contributed by atoms with van der Waals surface area (Å²) in [5.74, 6) is 1.84. The largest absolute Gasteiger partial charge is 0.492 e. The van der Waals surface area contributed by atoms with Gasteiger partial charge in [-0.3, -0.25) is 0 Å². The Balaban J connectivity index is 1.59. The Kier molecular flexibility index (Phi) is 4.87. The third kappa shape index (κ3) is 4.04. The van der Waals surface area contributed by atoms with Gasteiger partial charge in [0.05, 0.1) is 0 Å².